The molecule has 1 amide bonds. The summed E-state index contributed by atoms with van der Waals surface area (Å²) in [4.78, 5) is 35.6. The molecule has 0 saturated heterocycles. The number of aromatic carboxylic acids is 1. The summed E-state index contributed by atoms with van der Waals surface area (Å²) >= 11 is 0. The minimum Gasteiger partial charge on any atom is -0.478 e. The van der Waals surface area contributed by atoms with Gasteiger partial charge in [0.15, 0.2) is 5.78 Å². The van der Waals surface area contributed by atoms with Crippen LogP contribution < -0.4 is 15.4 Å². The lowest BCUT2D eigenvalue weighted by Gasteiger charge is -2.11. The first-order valence-corrected chi connectivity index (χ1v) is 9.12. The van der Waals surface area contributed by atoms with E-state index in [1.165, 1.54) is 25.1 Å². The van der Waals surface area contributed by atoms with Gasteiger partial charge in [-0.15, -0.1) is 0 Å². The van der Waals surface area contributed by atoms with Crippen molar-refractivity contribution < 1.29 is 24.2 Å². The van der Waals surface area contributed by atoms with Gasteiger partial charge < -0.3 is 20.5 Å². The maximum Gasteiger partial charge on any atom is 0.336 e. The number of amides is 1. The van der Waals surface area contributed by atoms with Gasteiger partial charge in [0, 0.05) is 24.0 Å². The summed E-state index contributed by atoms with van der Waals surface area (Å²) in [5.41, 5.74) is 1.43. The molecule has 0 aliphatic heterocycles. The molecule has 3 rings (SSSR count). The van der Waals surface area contributed by atoms with Gasteiger partial charge in [-0.2, -0.15) is 0 Å². The Bertz CT molecular complexity index is 1090. The first-order chi connectivity index (χ1) is 14.4. The van der Waals surface area contributed by atoms with E-state index in [0.29, 0.717) is 17.2 Å². The fourth-order valence-electron chi connectivity index (χ4n) is 2.77. The Morgan fingerprint density at radius 3 is 1.87 bits per heavy atom. The van der Waals surface area contributed by atoms with Gasteiger partial charge in [0.25, 0.3) is 5.91 Å². The van der Waals surface area contributed by atoms with Crippen molar-refractivity contribution in [1.82, 2.24) is 0 Å². The van der Waals surface area contributed by atoms with Crippen molar-refractivity contribution in [3.8, 4) is 11.5 Å². The molecule has 0 saturated carbocycles. The van der Waals surface area contributed by atoms with Crippen molar-refractivity contribution in [3.63, 3.8) is 0 Å². The summed E-state index contributed by atoms with van der Waals surface area (Å²) in [6, 6.07) is 18.0. The number of hydrogen-bond acceptors (Lipinski definition) is 5. The smallest absolute Gasteiger partial charge is 0.336 e. The third-order valence-electron chi connectivity index (χ3n) is 4.39. The van der Waals surface area contributed by atoms with Gasteiger partial charge in [0.05, 0.1) is 11.1 Å². The molecule has 7 nitrogen and oxygen atoms in total. The second-order valence-electron chi connectivity index (χ2n) is 6.48. The van der Waals surface area contributed by atoms with Gasteiger partial charge in [-0.3, -0.25) is 9.59 Å². The quantitative estimate of drug-likeness (QED) is 0.494. The highest BCUT2D eigenvalue weighted by Gasteiger charge is 2.18. The topological polar surface area (TPSA) is 105 Å². The summed E-state index contributed by atoms with van der Waals surface area (Å²) in [7, 11) is 1.83. The lowest BCUT2D eigenvalue weighted by Crippen LogP contribution is -2.17. The molecular weight excluding hydrogens is 384 g/mol. The predicted octanol–water partition coefficient (Wildman–Crippen LogP) is 4.67. The third-order valence-corrected chi connectivity index (χ3v) is 4.39. The van der Waals surface area contributed by atoms with E-state index >= 15 is 0 Å². The van der Waals surface area contributed by atoms with E-state index in [9.17, 15) is 19.5 Å². The van der Waals surface area contributed by atoms with E-state index in [1.807, 2.05) is 31.3 Å². The van der Waals surface area contributed by atoms with Gasteiger partial charge in [-0.25, -0.2) is 4.79 Å². The molecular formula is C23H20N2O5. The maximum absolute atomic E-state index is 12.6. The van der Waals surface area contributed by atoms with E-state index in [0.717, 1.165) is 5.69 Å². The van der Waals surface area contributed by atoms with Crippen LogP contribution in [0.15, 0.2) is 66.7 Å². The zero-order chi connectivity index (χ0) is 21.7. The van der Waals surface area contributed by atoms with E-state index in [2.05, 4.69) is 10.6 Å². The van der Waals surface area contributed by atoms with Crippen molar-refractivity contribution >= 4 is 29.0 Å². The minimum absolute atomic E-state index is 0.0832. The number of rotatable bonds is 7. The zero-order valence-corrected chi connectivity index (χ0v) is 16.4. The highest BCUT2D eigenvalue weighted by atomic mass is 16.5. The average Bonchev–Trinajstić information content (AvgIpc) is 2.75. The van der Waals surface area contributed by atoms with Crippen LogP contribution in [-0.2, 0) is 0 Å². The molecule has 0 aliphatic rings. The number of carbonyl (C=O) groups excluding carboxylic acids is 2. The molecule has 0 aliphatic carbocycles. The van der Waals surface area contributed by atoms with Crippen molar-refractivity contribution in [2.45, 2.75) is 6.92 Å². The lowest BCUT2D eigenvalue weighted by atomic mass is 10.0. The Kier molecular flexibility index (Phi) is 6.12. The Morgan fingerprint density at radius 2 is 1.37 bits per heavy atom. The summed E-state index contributed by atoms with van der Waals surface area (Å²) in [5, 5.41) is 15.0. The van der Waals surface area contributed by atoms with Crippen LogP contribution in [0.2, 0.25) is 0 Å². The fraction of sp³-hybridized carbons (Fsp3) is 0.0870. The second kappa shape index (κ2) is 8.91. The molecule has 0 spiro atoms. The molecule has 152 valence electrons. The molecule has 0 bridgehead atoms. The normalized spacial score (nSPS) is 10.2. The van der Waals surface area contributed by atoms with Crippen LogP contribution in [0.1, 0.15) is 38.0 Å². The van der Waals surface area contributed by atoms with E-state index < -0.39 is 11.9 Å². The standard InChI is InChI=1S/C23H20N2O5/c1-14(26)15-3-12-20(23(28)29)21(13-15)22(27)25-17-6-10-19(11-7-17)30-18-8-4-16(24-2)5-9-18/h3-13,24H,1-2H3,(H,25,27)(H,28,29). The summed E-state index contributed by atoms with van der Waals surface area (Å²) in [6.07, 6.45) is 0. The highest BCUT2D eigenvalue weighted by molar-refractivity contribution is 6.12. The maximum atomic E-state index is 12.6. The first kappa shape index (κ1) is 20.6. The summed E-state index contributed by atoms with van der Waals surface area (Å²) < 4.78 is 5.76. The van der Waals surface area contributed by atoms with Crippen molar-refractivity contribution in [2.24, 2.45) is 0 Å². The van der Waals surface area contributed by atoms with Crippen LogP contribution in [0.5, 0.6) is 11.5 Å². The molecule has 0 radical (unpaired) electrons. The monoisotopic (exact) mass is 404 g/mol. The molecule has 0 fully saturated rings. The minimum atomic E-state index is -1.25. The average molecular weight is 404 g/mol. The lowest BCUT2D eigenvalue weighted by molar-refractivity contribution is 0.0692. The molecule has 3 aromatic carbocycles. The Balaban J connectivity index is 1.75. The number of nitrogens with one attached hydrogen (secondary N) is 2. The molecule has 3 aromatic rings. The number of anilines is 2. The van der Waals surface area contributed by atoms with Crippen molar-refractivity contribution in [2.75, 3.05) is 17.7 Å². The van der Waals surface area contributed by atoms with Crippen molar-refractivity contribution in [1.29, 1.82) is 0 Å². The van der Waals surface area contributed by atoms with Crippen LogP contribution in [0.4, 0.5) is 11.4 Å². The molecule has 30 heavy (non-hydrogen) atoms. The van der Waals surface area contributed by atoms with E-state index in [-0.39, 0.29) is 22.5 Å². The largest absolute Gasteiger partial charge is 0.478 e. The first-order valence-electron chi connectivity index (χ1n) is 9.12. The molecule has 0 atom stereocenters. The number of hydrogen-bond donors (Lipinski definition) is 3. The van der Waals surface area contributed by atoms with E-state index in [4.69, 9.17) is 4.74 Å². The number of ketones is 1. The SMILES string of the molecule is CNc1ccc(Oc2ccc(NC(=O)c3cc(C(C)=O)ccc3C(=O)O)cc2)cc1. The second-order valence-corrected chi connectivity index (χ2v) is 6.48. The van der Waals surface area contributed by atoms with Gasteiger partial charge in [0.2, 0.25) is 0 Å². The molecule has 0 aromatic heterocycles. The van der Waals surface area contributed by atoms with Gasteiger partial charge in [-0.05, 0) is 67.6 Å². The van der Waals surface area contributed by atoms with Gasteiger partial charge in [0.1, 0.15) is 11.5 Å². The van der Waals surface area contributed by atoms with Crippen LogP contribution in [0.25, 0.3) is 0 Å². The number of benzene rings is 3. The number of carboxylic acid groups (broad SMARTS) is 1. The Morgan fingerprint density at radius 1 is 0.800 bits per heavy atom. The molecule has 3 N–H and O–H groups in total. The Labute approximate surface area is 173 Å². The van der Waals surface area contributed by atoms with Crippen LogP contribution in [-0.4, -0.2) is 29.8 Å². The fourth-order valence-corrected chi connectivity index (χ4v) is 2.77. The van der Waals surface area contributed by atoms with Gasteiger partial charge >= 0.3 is 5.97 Å². The zero-order valence-electron chi connectivity index (χ0n) is 16.4. The van der Waals surface area contributed by atoms with Gasteiger partial charge in [-0.1, -0.05) is 6.07 Å². The molecule has 0 unspecified atom stereocenters. The van der Waals surface area contributed by atoms with Crippen LogP contribution in [0, 0.1) is 0 Å². The van der Waals surface area contributed by atoms with E-state index in [1.54, 1.807) is 24.3 Å². The highest BCUT2D eigenvalue weighted by Crippen LogP contribution is 2.25. The number of Topliss-reactive ketones (excluding diaryl/α,β-unsaturated/α-hetero) is 1. The number of carboxylic acids is 1. The Hall–Kier alpha value is -4.13. The van der Waals surface area contributed by atoms with Crippen LogP contribution in [0.3, 0.4) is 0 Å². The van der Waals surface area contributed by atoms with Crippen molar-refractivity contribution in [3.05, 3.63) is 83.4 Å². The molecule has 7 heteroatoms. The number of carbonyl (C=O) groups is 3. The number of ether oxygens (including phenoxy) is 1. The third kappa shape index (κ3) is 4.82. The molecule has 0 heterocycles. The van der Waals surface area contributed by atoms with Crippen LogP contribution >= 0.6 is 0 Å². The summed E-state index contributed by atoms with van der Waals surface area (Å²) in [5.74, 6) is -0.881. The summed E-state index contributed by atoms with van der Waals surface area (Å²) in [6.45, 7) is 1.35. The predicted molar refractivity (Wildman–Crippen MR) is 114 cm³/mol.